The normalized spacial score (nSPS) is 9.38. The molecule has 0 aromatic carbocycles. The number of carbonyl (C=O) groups excluding carboxylic acids is 1. The lowest BCUT2D eigenvalue weighted by atomic mass is 10.1. The van der Waals surface area contributed by atoms with Crippen LogP contribution in [0.2, 0.25) is 0 Å². The van der Waals surface area contributed by atoms with E-state index in [0.717, 1.165) is 5.57 Å². The van der Waals surface area contributed by atoms with Crippen molar-refractivity contribution in [3.63, 3.8) is 0 Å². The first-order valence-corrected chi connectivity index (χ1v) is 4.00. The summed E-state index contributed by atoms with van der Waals surface area (Å²) in [6.07, 6.45) is 4.60. The largest absolute Gasteiger partial charge is 0.398 e. The first-order chi connectivity index (χ1) is 6.11. The van der Waals surface area contributed by atoms with Crippen LogP contribution in [0.5, 0.6) is 0 Å². The Morgan fingerprint density at radius 1 is 1.54 bits per heavy atom. The Hall–Kier alpha value is -1.64. The number of allylic oxidation sites excluding steroid dienone is 2. The summed E-state index contributed by atoms with van der Waals surface area (Å²) < 4.78 is 0. The fourth-order valence-corrected chi connectivity index (χ4v) is 0.951. The van der Waals surface area contributed by atoms with Crippen molar-refractivity contribution in [3.8, 4) is 0 Å². The number of aromatic nitrogens is 1. The summed E-state index contributed by atoms with van der Waals surface area (Å²) in [4.78, 5) is 15.3. The van der Waals surface area contributed by atoms with Crippen molar-refractivity contribution < 1.29 is 4.79 Å². The molecule has 0 aliphatic carbocycles. The smallest absolute Gasteiger partial charge is 0.189 e. The standard InChI is InChI=1S/C10H12N2O/c1-7(2)5-10(13)8-6-12-4-3-9(8)11/h3-6H,1-2H3,(H2,11,12). The zero-order valence-electron chi connectivity index (χ0n) is 7.74. The quantitative estimate of drug-likeness (QED) is 0.552. The molecule has 0 aliphatic heterocycles. The number of hydrogen-bond acceptors (Lipinski definition) is 3. The zero-order valence-corrected chi connectivity index (χ0v) is 7.74. The van der Waals surface area contributed by atoms with Gasteiger partial charge in [0, 0.05) is 18.1 Å². The monoisotopic (exact) mass is 176 g/mol. The van der Waals surface area contributed by atoms with Gasteiger partial charge in [0.15, 0.2) is 5.78 Å². The average molecular weight is 176 g/mol. The van der Waals surface area contributed by atoms with Gasteiger partial charge in [-0.1, -0.05) is 5.57 Å². The minimum absolute atomic E-state index is 0.0920. The molecule has 13 heavy (non-hydrogen) atoms. The van der Waals surface area contributed by atoms with E-state index >= 15 is 0 Å². The average Bonchev–Trinajstić information content (AvgIpc) is 2.03. The summed E-state index contributed by atoms with van der Waals surface area (Å²) in [5, 5.41) is 0. The Morgan fingerprint density at radius 3 is 2.77 bits per heavy atom. The van der Waals surface area contributed by atoms with Gasteiger partial charge in [0.25, 0.3) is 0 Å². The van der Waals surface area contributed by atoms with Gasteiger partial charge in [0.1, 0.15) is 0 Å². The highest BCUT2D eigenvalue weighted by molar-refractivity contribution is 6.08. The van der Waals surface area contributed by atoms with E-state index in [-0.39, 0.29) is 5.78 Å². The van der Waals surface area contributed by atoms with Crippen molar-refractivity contribution in [3.05, 3.63) is 35.7 Å². The molecule has 0 amide bonds. The van der Waals surface area contributed by atoms with E-state index in [1.807, 2.05) is 13.8 Å². The molecule has 1 heterocycles. The number of nitrogens with two attached hydrogens (primary N) is 1. The lowest BCUT2D eigenvalue weighted by Gasteiger charge is -1.99. The molecule has 0 bridgehead atoms. The van der Waals surface area contributed by atoms with Gasteiger partial charge in [0.2, 0.25) is 0 Å². The molecule has 0 fully saturated rings. The van der Waals surface area contributed by atoms with Gasteiger partial charge in [-0.05, 0) is 26.0 Å². The molecule has 0 saturated carbocycles. The lowest BCUT2D eigenvalue weighted by Crippen LogP contribution is -2.01. The topological polar surface area (TPSA) is 56.0 Å². The van der Waals surface area contributed by atoms with Crippen molar-refractivity contribution in [2.24, 2.45) is 0 Å². The summed E-state index contributed by atoms with van der Waals surface area (Å²) in [5.41, 5.74) is 7.49. The van der Waals surface area contributed by atoms with Crippen LogP contribution in [0.25, 0.3) is 0 Å². The van der Waals surface area contributed by atoms with Crippen molar-refractivity contribution in [1.29, 1.82) is 0 Å². The lowest BCUT2D eigenvalue weighted by molar-refractivity contribution is 0.104. The number of pyridine rings is 1. The number of nitrogens with zero attached hydrogens (tertiary/aromatic N) is 1. The highest BCUT2D eigenvalue weighted by atomic mass is 16.1. The van der Waals surface area contributed by atoms with Crippen LogP contribution in [0.15, 0.2) is 30.1 Å². The molecule has 3 nitrogen and oxygen atoms in total. The summed E-state index contributed by atoms with van der Waals surface area (Å²) in [5.74, 6) is -0.0920. The molecule has 0 aliphatic rings. The highest BCUT2D eigenvalue weighted by Crippen LogP contribution is 2.10. The van der Waals surface area contributed by atoms with Gasteiger partial charge in [-0.2, -0.15) is 0 Å². The fourth-order valence-electron chi connectivity index (χ4n) is 0.951. The maximum absolute atomic E-state index is 11.5. The number of hydrogen-bond donors (Lipinski definition) is 1. The van der Waals surface area contributed by atoms with Crippen LogP contribution < -0.4 is 5.73 Å². The van der Waals surface area contributed by atoms with E-state index in [9.17, 15) is 4.79 Å². The zero-order chi connectivity index (χ0) is 9.84. The maximum atomic E-state index is 11.5. The molecule has 0 radical (unpaired) electrons. The third kappa shape index (κ3) is 2.40. The van der Waals surface area contributed by atoms with Crippen LogP contribution in [0.3, 0.4) is 0 Å². The number of ketones is 1. The van der Waals surface area contributed by atoms with Crippen molar-refractivity contribution in [2.45, 2.75) is 13.8 Å². The third-order valence-electron chi connectivity index (χ3n) is 1.54. The molecule has 68 valence electrons. The fraction of sp³-hybridized carbons (Fsp3) is 0.200. The van der Waals surface area contributed by atoms with E-state index in [4.69, 9.17) is 5.73 Å². The first kappa shape index (κ1) is 9.45. The molecule has 3 heteroatoms. The van der Waals surface area contributed by atoms with Crippen molar-refractivity contribution in [1.82, 2.24) is 4.98 Å². The molecule has 0 unspecified atom stereocenters. The second-order valence-corrected chi connectivity index (χ2v) is 3.05. The summed E-state index contributed by atoms with van der Waals surface area (Å²) in [6, 6.07) is 1.62. The van der Waals surface area contributed by atoms with Crippen LogP contribution in [-0.4, -0.2) is 10.8 Å². The van der Waals surface area contributed by atoms with Crippen LogP contribution in [-0.2, 0) is 0 Å². The number of carbonyl (C=O) groups is 1. The molecule has 1 aromatic heterocycles. The Bertz CT molecular complexity index is 352. The van der Waals surface area contributed by atoms with Crippen LogP contribution in [0.1, 0.15) is 24.2 Å². The Kier molecular flexibility index (Phi) is 2.80. The summed E-state index contributed by atoms with van der Waals surface area (Å²) in [6.45, 7) is 3.73. The Balaban J connectivity index is 3.03. The molecule has 2 N–H and O–H groups in total. The number of rotatable bonds is 2. The van der Waals surface area contributed by atoms with Crippen molar-refractivity contribution >= 4 is 11.5 Å². The highest BCUT2D eigenvalue weighted by Gasteiger charge is 2.05. The number of nitrogen functional groups attached to an aromatic ring is 1. The third-order valence-corrected chi connectivity index (χ3v) is 1.54. The van der Waals surface area contributed by atoms with Crippen LogP contribution in [0, 0.1) is 0 Å². The summed E-state index contributed by atoms with van der Waals surface area (Å²) in [7, 11) is 0. The van der Waals surface area contributed by atoms with E-state index in [0.29, 0.717) is 11.3 Å². The second-order valence-electron chi connectivity index (χ2n) is 3.05. The van der Waals surface area contributed by atoms with Gasteiger partial charge < -0.3 is 5.73 Å². The van der Waals surface area contributed by atoms with E-state index < -0.39 is 0 Å². The van der Waals surface area contributed by atoms with E-state index in [1.165, 1.54) is 6.20 Å². The predicted molar refractivity (Wildman–Crippen MR) is 52.4 cm³/mol. The molecular formula is C10H12N2O. The van der Waals surface area contributed by atoms with Gasteiger partial charge >= 0.3 is 0 Å². The van der Waals surface area contributed by atoms with Gasteiger partial charge in [0.05, 0.1) is 5.56 Å². The summed E-state index contributed by atoms with van der Waals surface area (Å²) >= 11 is 0. The Labute approximate surface area is 77.3 Å². The van der Waals surface area contributed by atoms with Gasteiger partial charge in [-0.15, -0.1) is 0 Å². The van der Waals surface area contributed by atoms with Crippen molar-refractivity contribution in [2.75, 3.05) is 5.73 Å². The second kappa shape index (κ2) is 3.85. The van der Waals surface area contributed by atoms with Crippen LogP contribution in [0.4, 0.5) is 5.69 Å². The molecule has 0 saturated heterocycles. The van der Waals surface area contributed by atoms with Gasteiger partial charge in [-0.25, -0.2) is 0 Å². The molecule has 0 spiro atoms. The maximum Gasteiger partial charge on any atom is 0.189 e. The van der Waals surface area contributed by atoms with Gasteiger partial charge in [-0.3, -0.25) is 9.78 Å². The van der Waals surface area contributed by atoms with E-state index in [1.54, 1.807) is 18.3 Å². The molecule has 1 rings (SSSR count). The Morgan fingerprint density at radius 2 is 2.23 bits per heavy atom. The number of anilines is 1. The SMILES string of the molecule is CC(C)=CC(=O)c1cnccc1N. The predicted octanol–water partition coefficient (Wildman–Crippen LogP) is 1.81. The minimum atomic E-state index is -0.0920. The molecule has 0 atom stereocenters. The first-order valence-electron chi connectivity index (χ1n) is 4.00. The van der Waals surface area contributed by atoms with E-state index in [2.05, 4.69) is 4.98 Å². The minimum Gasteiger partial charge on any atom is -0.398 e. The van der Waals surface area contributed by atoms with Crippen LogP contribution >= 0.6 is 0 Å². The molecular weight excluding hydrogens is 164 g/mol. The molecule has 1 aromatic rings.